The summed E-state index contributed by atoms with van der Waals surface area (Å²) >= 11 is 0. The highest BCUT2D eigenvalue weighted by Crippen LogP contribution is 2.14. The molecule has 0 atom stereocenters. The van der Waals surface area contributed by atoms with Crippen molar-refractivity contribution in [2.75, 3.05) is 6.54 Å². The lowest BCUT2D eigenvalue weighted by Gasteiger charge is -2.10. The smallest absolute Gasteiger partial charge is 0.255 e. The van der Waals surface area contributed by atoms with Crippen molar-refractivity contribution < 1.29 is 4.39 Å². The van der Waals surface area contributed by atoms with E-state index in [4.69, 9.17) is 0 Å². The van der Waals surface area contributed by atoms with Crippen molar-refractivity contribution in [2.45, 2.75) is 26.9 Å². The monoisotopic (exact) mass is 328 g/mol. The van der Waals surface area contributed by atoms with E-state index in [9.17, 15) is 9.18 Å². The molecule has 1 N–H and O–H groups in total. The second kappa shape index (κ2) is 6.57. The molecule has 1 aromatic carbocycles. The van der Waals surface area contributed by atoms with Crippen molar-refractivity contribution in [2.24, 2.45) is 7.05 Å². The van der Waals surface area contributed by atoms with E-state index in [2.05, 4.69) is 10.4 Å². The Hall–Kier alpha value is -2.47. The third-order valence-electron chi connectivity index (χ3n) is 4.18. The predicted molar refractivity (Wildman–Crippen MR) is 92.6 cm³/mol. The molecule has 0 radical (unpaired) electrons. The van der Waals surface area contributed by atoms with Gasteiger partial charge in [-0.05, 0) is 49.6 Å². The molecule has 0 bridgehead atoms. The van der Waals surface area contributed by atoms with Crippen LogP contribution >= 0.6 is 0 Å². The van der Waals surface area contributed by atoms with Crippen LogP contribution in [0.4, 0.5) is 4.39 Å². The van der Waals surface area contributed by atoms with E-state index in [0.717, 1.165) is 23.3 Å². The molecule has 5 nitrogen and oxygen atoms in total. The number of hydrogen-bond donors (Lipinski definition) is 1. The van der Waals surface area contributed by atoms with Crippen molar-refractivity contribution >= 4 is 10.9 Å². The minimum absolute atomic E-state index is 0.105. The van der Waals surface area contributed by atoms with Gasteiger partial charge in [0.15, 0.2) is 0 Å². The number of hydrogen-bond acceptors (Lipinski definition) is 3. The molecule has 126 valence electrons. The van der Waals surface area contributed by atoms with Crippen LogP contribution in [0.2, 0.25) is 0 Å². The van der Waals surface area contributed by atoms with Gasteiger partial charge in [-0.3, -0.25) is 9.48 Å². The van der Waals surface area contributed by atoms with Gasteiger partial charge in [-0.2, -0.15) is 5.10 Å². The summed E-state index contributed by atoms with van der Waals surface area (Å²) in [6.45, 7) is 5.93. The first-order chi connectivity index (χ1) is 11.5. The molecule has 2 heterocycles. The van der Waals surface area contributed by atoms with E-state index < -0.39 is 0 Å². The van der Waals surface area contributed by atoms with Crippen LogP contribution in [0.3, 0.4) is 0 Å². The average Bonchev–Trinajstić information content (AvgIpc) is 2.87. The SMILES string of the molecule is Cc1cc(C)n(CCNCc2cc3ccc(F)cc3n(C)c2=O)n1. The molecule has 0 saturated carbocycles. The van der Waals surface area contributed by atoms with Crippen molar-refractivity contribution in [3.63, 3.8) is 0 Å². The highest BCUT2D eigenvalue weighted by atomic mass is 19.1. The Morgan fingerprint density at radius 1 is 1.21 bits per heavy atom. The van der Waals surface area contributed by atoms with E-state index >= 15 is 0 Å². The van der Waals surface area contributed by atoms with E-state index in [1.807, 2.05) is 30.7 Å². The molecule has 24 heavy (non-hydrogen) atoms. The van der Waals surface area contributed by atoms with E-state index in [0.29, 0.717) is 24.2 Å². The Bertz CT molecular complexity index is 942. The highest BCUT2D eigenvalue weighted by molar-refractivity contribution is 5.79. The van der Waals surface area contributed by atoms with E-state index in [1.165, 1.54) is 16.7 Å². The molecule has 3 rings (SSSR count). The van der Waals surface area contributed by atoms with Gasteiger partial charge in [0, 0.05) is 31.4 Å². The summed E-state index contributed by atoms with van der Waals surface area (Å²) in [5, 5.41) is 8.55. The molecule has 2 aromatic heterocycles. The highest BCUT2D eigenvalue weighted by Gasteiger charge is 2.08. The Labute approximate surface area is 139 Å². The Kier molecular flexibility index (Phi) is 4.49. The molecule has 6 heteroatoms. The molecule has 0 amide bonds. The molecule has 0 fully saturated rings. The van der Waals surface area contributed by atoms with Gasteiger partial charge in [-0.25, -0.2) is 4.39 Å². The fourth-order valence-electron chi connectivity index (χ4n) is 2.94. The van der Waals surface area contributed by atoms with Gasteiger partial charge in [0.1, 0.15) is 5.82 Å². The first-order valence-corrected chi connectivity index (χ1v) is 7.95. The first-order valence-electron chi connectivity index (χ1n) is 7.95. The summed E-state index contributed by atoms with van der Waals surface area (Å²) in [4.78, 5) is 12.4. The van der Waals surface area contributed by atoms with Gasteiger partial charge >= 0.3 is 0 Å². The quantitative estimate of drug-likeness (QED) is 0.731. The molecule has 0 aliphatic heterocycles. The number of rotatable bonds is 5. The lowest BCUT2D eigenvalue weighted by atomic mass is 10.1. The fourth-order valence-corrected chi connectivity index (χ4v) is 2.94. The van der Waals surface area contributed by atoms with Crippen LogP contribution in [0.1, 0.15) is 17.0 Å². The van der Waals surface area contributed by atoms with Crippen LogP contribution in [-0.4, -0.2) is 20.9 Å². The largest absolute Gasteiger partial charge is 0.311 e. The lowest BCUT2D eigenvalue weighted by molar-refractivity contribution is 0.541. The Morgan fingerprint density at radius 2 is 2.00 bits per heavy atom. The second-order valence-electron chi connectivity index (χ2n) is 6.06. The van der Waals surface area contributed by atoms with Crippen molar-refractivity contribution in [3.8, 4) is 0 Å². The van der Waals surface area contributed by atoms with Gasteiger partial charge < -0.3 is 9.88 Å². The molecular weight excluding hydrogens is 307 g/mol. The van der Waals surface area contributed by atoms with Gasteiger partial charge in [0.05, 0.1) is 17.8 Å². The summed E-state index contributed by atoms with van der Waals surface area (Å²) in [5.74, 6) is -0.340. The zero-order valence-corrected chi connectivity index (χ0v) is 14.1. The average molecular weight is 328 g/mol. The number of benzene rings is 1. The number of fused-ring (bicyclic) bond motifs is 1. The number of nitrogens with zero attached hydrogens (tertiary/aromatic N) is 3. The maximum absolute atomic E-state index is 13.4. The normalized spacial score (nSPS) is 11.3. The number of aromatic nitrogens is 3. The minimum Gasteiger partial charge on any atom is -0.311 e. The molecule has 0 aliphatic rings. The van der Waals surface area contributed by atoms with Crippen LogP contribution in [0, 0.1) is 19.7 Å². The van der Waals surface area contributed by atoms with Gasteiger partial charge in [0.2, 0.25) is 0 Å². The molecule has 3 aromatic rings. The van der Waals surface area contributed by atoms with Crippen LogP contribution in [-0.2, 0) is 20.1 Å². The zero-order chi connectivity index (χ0) is 17.3. The maximum Gasteiger partial charge on any atom is 0.255 e. The van der Waals surface area contributed by atoms with Gasteiger partial charge in [-0.1, -0.05) is 0 Å². The number of nitrogens with one attached hydrogen (secondary N) is 1. The topological polar surface area (TPSA) is 51.9 Å². The van der Waals surface area contributed by atoms with Crippen LogP contribution in [0.5, 0.6) is 0 Å². The number of halogens is 1. The summed E-state index contributed by atoms with van der Waals surface area (Å²) in [5.41, 5.74) is 3.30. The third-order valence-corrected chi connectivity index (χ3v) is 4.18. The molecule has 0 saturated heterocycles. The summed E-state index contributed by atoms with van der Waals surface area (Å²) in [6, 6.07) is 8.36. The molecule has 0 aliphatic carbocycles. The van der Waals surface area contributed by atoms with Crippen molar-refractivity contribution in [1.82, 2.24) is 19.7 Å². The molecule has 0 unspecified atom stereocenters. The van der Waals surface area contributed by atoms with E-state index in [1.54, 1.807) is 13.1 Å². The lowest BCUT2D eigenvalue weighted by Crippen LogP contribution is -2.27. The van der Waals surface area contributed by atoms with Crippen LogP contribution < -0.4 is 10.9 Å². The van der Waals surface area contributed by atoms with Crippen molar-refractivity contribution in [1.29, 1.82) is 0 Å². The number of aryl methyl sites for hydroxylation is 3. The van der Waals surface area contributed by atoms with Gasteiger partial charge in [0.25, 0.3) is 5.56 Å². The summed E-state index contributed by atoms with van der Waals surface area (Å²) < 4.78 is 16.8. The van der Waals surface area contributed by atoms with E-state index in [-0.39, 0.29) is 11.4 Å². The molecule has 0 spiro atoms. The zero-order valence-electron chi connectivity index (χ0n) is 14.1. The van der Waals surface area contributed by atoms with Crippen LogP contribution in [0.15, 0.2) is 35.1 Å². The van der Waals surface area contributed by atoms with Crippen molar-refractivity contribution in [3.05, 3.63) is 63.5 Å². The minimum atomic E-state index is -0.340. The van der Waals surface area contributed by atoms with Crippen LogP contribution in [0.25, 0.3) is 10.9 Å². The van der Waals surface area contributed by atoms with Gasteiger partial charge in [-0.15, -0.1) is 0 Å². The summed E-state index contributed by atoms with van der Waals surface area (Å²) in [7, 11) is 1.67. The predicted octanol–water partition coefficient (Wildman–Crippen LogP) is 2.28. The molecular formula is C18H21FN4O. The standard InChI is InChI=1S/C18H21FN4O/c1-12-8-13(2)23(21-12)7-6-20-11-15-9-14-4-5-16(19)10-17(14)22(3)18(15)24/h4-5,8-10,20H,6-7,11H2,1-3H3. The summed E-state index contributed by atoms with van der Waals surface area (Å²) in [6.07, 6.45) is 0. The maximum atomic E-state index is 13.4. The fraction of sp³-hybridized carbons (Fsp3) is 0.333. The first kappa shape index (κ1) is 16.4. The second-order valence-corrected chi connectivity index (χ2v) is 6.06. The number of pyridine rings is 1. The Balaban J connectivity index is 1.71. The third kappa shape index (κ3) is 3.23. The Morgan fingerprint density at radius 3 is 2.71 bits per heavy atom.